The van der Waals surface area contributed by atoms with Crippen LogP contribution in [0.25, 0.3) is 0 Å². The highest BCUT2D eigenvalue weighted by Crippen LogP contribution is 2.45. The Labute approximate surface area is 138 Å². The van der Waals surface area contributed by atoms with Crippen LogP contribution in [0.5, 0.6) is 0 Å². The zero-order valence-corrected chi connectivity index (χ0v) is 14.0. The van der Waals surface area contributed by atoms with Crippen molar-refractivity contribution in [2.24, 2.45) is 11.3 Å². The predicted octanol–water partition coefficient (Wildman–Crippen LogP) is 0.646. The van der Waals surface area contributed by atoms with Crippen molar-refractivity contribution in [2.75, 3.05) is 52.5 Å². The number of piperidine rings is 2. The Bertz CT molecular complexity index is 403. The minimum Gasteiger partial charge on any atom is -0.480 e. The number of aliphatic carboxylic acids is 1. The van der Waals surface area contributed by atoms with Gasteiger partial charge < -0.3 is 19.8 Å². The van der Waals surface area contributed by atoms with Gasteiger partial charge in [0, 0.05) is 38.3 Å². The summed E-state index contributed by atoms with van der Waals surface area (Å²) in [6.45, 7) is 5.83. The van der Waals surface area contributed by atoms with Crippen molar-refractivity contribution >= 4 is 5.97 Å². The number of rotatable bonds is 4. The Morgan fingerprint density at radius 2 is 1.78 bits per heavy atom. The van der Waals surface area contributed by atoms with E-state index in [1.54, 1.807) is 0 Å². The fourth-order valence-electron chi connectivity index (χ4n) is 4.81. The summed E-state index contributed by atoms with van der Waals surface area (Å²) in [6, 6.07) is 0.667. The van der Waals surface area contributed by atoms with Gasteiger partial charge in [-0.3, -0.25) is 9.69 Å². The van der Waals surface area contributed by atoms with E-state index in [1.165, 1.54) is 0 Å². The number of ether oxygens (including phenoxy) is 1. The van der Waals surface area contributed by atoms with Crippen molar-refractivity contribution in [3.63, 3.8) is 0 Å². The molecule has 0 aromatic heterocycles. The summed E-state index contributed by atoms with van der Waals surface area (Å²) in [4.78, 5) is 15.5. The third kappa shape index (κ3) is 3.87. The van der Waals surface area contributed by atoms with Gasteiger partial charge >= 0.3 is 5.97 Å². The zero-order valence-electron chi connectivity index (χ0n) is 14.0. The van der Waals surface area contributed by atoms with Crippen LogP contribution in [-0.2, 0) is 9.53 Å². The lowest BCUT2D eigenvalue weighted by Gasteiger charge is -2.52. The number of carboxylic acid groups (broad SMARTS) is 1. The van der Waals surface area contributed by atoms with Crippen LogP contribution in [0.2, 0.25) is 0 Å². The van der Waals surface area contributed by atoms with E-state index in [-0.39, 0.29) is 24.5 Å². The molecule has 3 fully saturated rings. The number of carboxylic acids is 1. The molecule has 0 aromatic carbocycles. The second-order valence-electron chi connectivity index (χ2n) is 7.50. The summed E-state index contributed by atoms with van der Waals surface area (Å²) in [5.41, 5.74) is 0.214. The molecule has 6 heteroatoms. The molecule has 3 rings (SSSR count). The zero-order chi connectivity index (χ0) is 16.3. The maximum Gasteiger partial charge on any atom is 0.317 e. The van der Waals surface area contributed by atoms with E-state index in [1.807, 2.05) is 4.90 Å². The molecule has 132 valence electrons. The van der Waals surface area contributed by atoms with Crippen molar-refractivity contribution in [1.82, 2.24) is 9.80 Å². The number of likely N-dealkylation sites (tertiary alicyclic amines) is 2. The molecule has 3 heterocycles. The van der Waals surface area contributed by atoms with E-state index in [0.717, 1.165) is 71.5 Å². The van der Waals surface area contributed by atoms with Crippen LogP contribution in [0.4, 0.5) is 0 Å². The molecule has 3 saturated heterocycles. The fourth-order valence-corrected chi connectivity index (χ4v) is 4.81. The molecule has 23 heavy (non-hydrogen) atoms. The molecule has 1 unspecified atom stereocenters. The molecule has 0 amide bonds. The normalized spacial score (nSPS) is 30.6. The first-order chi connectivity index (χ1) is 11.1. The molecule has 6 nitrogen and oxygen atoms in total. The molecule has 0 saturated carbocycles. The topological polar surface area (TPSA) is 73.2 Å². The van der Waals surface area contributed by atoms with Crippen molar-refractivity contribution in [2.45, 2.75) is 38.1 Å². The highest BCUT2D eigenvalue weighted by atomic mass is 16.5. The summed E-state index contributed by atoms with van der Waals surface area (Å²) >= 11 is 0. The van der Waals surface area contributed by atoms with E-state index < -0.39 is 5.97 Å². The third-order valence-corrected chi connectivity index (χ3v) is 6.35. The van der Waals surface area contributed by atoms with E-state index in [0.29, 0.717) is 6.04 Å². The molecule has 0 bridgehead atoms. The first-order valence-corrected chi connectivity index (χ1v) is 9.00. The third-order valence-electron chi connectivity index (χ3n) is 6.35. The lowest BCUT2D eigenvalue weighted by molar-refractivity contribution is -0.140. The molecular formula is C17H30N2O4. The summed E-state index contributed by atoms with van der Waals surface area (Å²) in [5, 5.41) is 18.9. The van der Waals surface area contributed by atoms with Gasteiger partial charge in [-0.2, -0.15) is 0 Å². The van der Waals surface area contributed by atoms with Crippen LogP contribution in [0.1, 0.15) is 32.1 Å². The maximum absolute atomic E-state index is 10.9. The van der Waals surface area contributed by atoms with Crippen LogP contribution in [0.3, 0.4) is 0 Å². The van der Waals surface area contributed by atoms with Crippen molar-refractivity contribution in [1.29, 1.82) is 0 Å². The summed E-state index contributed by atoms with van der Waals surface area (Å²) < 4.78 is 5.47. The van der Waals surface area contributed by atoms with Gasteiger partial charge in [0.25, 0.3) is 0 Å². The molecule has 1 atom stereocenters. The molecule has 3 aliphatic heterocycles. The molecule has 3 aliphatic rings. The number of hydrogen-bond donors (Lipinski definition) is 2. The minimum atomic E-state index is -0.771. The Kier molecular flexibility index (Phi) is 5.57. The van der Waals surface area contributed by atoms with Crippen molar-refractivity contribution in [3.8, 4) is 0 Å². The van der Waals surface area contributed by atoms with E-state index >= 15 is 0 Å². The first kappa shape index (κ1) is 17.1. The number of carbonyl (C=O) groups is 1. The summed E-state index contributed by atoms with van der Waals surface area (Å²) in [7, 11) is 0. The summed E-state index contributed by atoms with van der Waals surface area (Å²) in [6.07, 6.45) is 5.58. The second-order valence-corrected chi connectivity index (χ2v) is 7.50. The van der Waals surface area contributed by atoms with Gasteiger partial charge in [0.05, 0.1) is 6.54 Å². The molecule has 1 spiro atoms. The molecule has 0 aliphatic carbocycles. The Balaban J connectivity index is 1.56. The maximum atomic E-state index is 10.9. The SMILES string of the molecule is O=C(O)CN1CCC2(CCN(C3CCOCC3)CC2)C(CO)C1. The highest BCUT2D eigenvalue weighted by Gasteiger charge is 2.45. The van der Waals surface area contributed by atoms with Crippen LogP contribution >= 0.6 is 0 Å². The van der Waals surface area contributed by atoms with Crippen molar-refractivity contribution in [3.05, 3.63) is 0 Å². The van der Waals surface area contributed by atoms with E-state index in [4.69, 9.17) is 9.84 Å². The smallest absolute Gasteiger partial charge is 0.317 e. The molecular weight excluding hydrogens is 296 g/mol. The van der Waals surface area contributed by atoms with E-state index in [2.05, 4.69) is 4.90 Å². The quantitative estimate of drug-likeness (QED) is 0.790. The molecule has 0 radical (unpaired) electrons. The van der Waals surface area contributed by atoms with Crippen LogP contribution in [0, 0.1) is 11.3 Å². The number of nitrogens with zero attached hydrogens (tertiary/aromatic N) is 2. The monoisotopic (exact) mass is 326 g/mol. The van der Waals surface area contributed by atoms with Gasteiger partial charge in [-0.1, -0.05) is 0 Å². The lowest BCUT2D eigenvalue weighted by Crippen LogP contribution is -2.55. The largest absolute Gasteiger partial charge is 0.480 e. The fraction of sp³-hybridized carbons (Fsp3) is 0.941. The lowest BCUT2D eigenvalue weighted by atomic mass is 9.64. The Hall–Kier alpha value is -0.690. The van der Waals surface area contributed by atoms with Gasteiger partial charge in [0.2, 0.25) is 0 Å². The van der Waals surface area contributed by atoms with Crippen LogP contribution in [-0.4, -0.2) is 84.6 Å². The Morgan fingerprint density at radius 3 is 2.39 bits per heavy atom. The van der Waals surface area contributed by atoms with Gasteiger partial charge in [0.1, 0.15) is 0 Å². The first-order valence-electron chi connectivity index (χ1n) is 9.00. The molecule has 2 N–H and O–H groups in total. The van der Waals surface area contributed by atoms with Gasteiger partial charge in [0.15, 0.2) is 0 Å². The average Bonchev–Trinajstić information content (AvgIpc) is 2.58. The predicted molar refractivity (Wildman–Crippen MR) is 86.3 cm³/mol. The van der Waals surface area contributed by atoms with Crippen LogP contribution in [0.15, 0.2) is 0 Å². The number of aliphatic hydroxyl groups is 1. The van der Waals surface area contributed by atoms with Gasteiger partial charge in [-0.25, -0.2) is 0 Å². The minimum absolute atomic E-state index is 0.0980. The highest BCUT2D eigenvalue weighted by molar-refractivity contribution is 5.69. The van der Waals surface area contributed by atoms with Gasteiger partial charge in [-0.05, 0) is 57.2 Å². The molecule has 0 aromatic rings. The Morgan fingerprint density at radius 1 is 1.13 bits per heavy atom. The average molecular weight is 326 g/mol. The van der Waals surface area contributed by atoms with Gasteiger partial charge in [-0.15, -0.1) is 0 Å². The number of aliphatic hydroxyl groups excluding tert-OH is 1. The van der Waals surface area contributed by atoms with Crippen molar-refractivity contribution < 1.29 is 19.7 Å². The summed E-state index contributed by atoms with van der Waals surface area (Å²) in [5.74, 6) is -0.556. The number of hydrogen-bond acceptors (Lipinski definition) is 5. The van der Waals surface area contributed by atoms with Crippen LogP contribution < -0.4 is 0 Å². The standard InChI is InChI=1S/C17H30N2O4/c20-13-14-11-18(12-16(21)22)6-3-17(14)4-7-19(8-5-17)15-1-9-23-10-2-15/h14-15,20H,1-13H2,(H,21,22). The second kappa shape index (κ2) is 7.47. The van der Waals surface area contributed by atoms with E-state index in [9.17, 15) is 9.90 Å².